The van der Waals surface area contributed by atoms with E-state index >= 15 is 0 Å². The number of imide groups is 1. The van der Waals surface area contributed by atoms with E-state index in [-0.39, 0.29) is 35.9 Å². The standard InChI is InChI=1S/C18H16BrN3O3/c19-11-3-1-10(2-4-11)8-21-9-12(7-20-21)22-17(23)15-13-5-6-14(25-13)16(15)18(22)24/h1-4,7,9,13-16H,5-6,8H2/t13-,14-,15+,16+/m1/s1. The third-order valence-electron chi connectivity index (χ3n) is 5.42. The zero-order valence-corrected chi connectivity index (χ0v) is 14.9. The van der Waals surface area contributed by atoms with Gasteiger partial charge in [-0.05, 0) is 30.5 Å². The summed E-state index contributed by atoms with van der Waals surface area (Å²) in [5.74, 6) is -0.877. The predicted octanol–water partition coefficient (Wildman–Crippen LogP) is 2.36. The lowest BCUT2D eigenvalue weighted by atomic mass is 9.81. The van der Waals surface area contributed by atoms with Crippen molar-refractivity contribution in [3.05, 3.63) is 46.7 Å². The lowest BCUT2D eigenvalue weighted by Gasteiger charge is -2.15. The molecule has 1 aromatic carbocycles. The fourth-order valence-electron chi connectivity index (χ4n) is 4.30. The van der Waals surface area contributed by atoms with Crippen molar-refractivity contribution in [1.82, 2.24) is 9.78 Å². The second kappa shape index (κ2) is 5.51. The number of nitrogens with zero attached hydrogens (tertiary/aromatic N) is 3. The number of amides is 2. The van der Waals surface area contributed by atoms with Crippen LogP contribution in [0.4, 0.5) is 5.69 Å². The summed E-state index contributed by atoms with van der Waals surface area (Å²) in [6, 6.07) is 7.97. The molecule has 2 bridgehead atoms. The third-order valence-corrected chi connectivity index (χ3v) is 5.95. The van der Waals surface area contributed by atoms with Gasteiger partial charge in [0.25, 0.3) is 0 Å². The van der Waals surface area contributed by atoms with Gasteiger partial charge < -0.3 is 4.74 Å². The second-order valence-electron chi connectivity index (χ2n) is 6.88. The molecule has 0 aliphatic carbocycles. The normalized spacial score (nSPS) is 30.4. The smallest absolute Gasteiger partial charge is 0.240 e. The van der Waals surface area contributed by atoms with Crippen LogP contribution in [0.1, 0.15) is 18.4 Å². The van der Waals surface area contributed by atoms with Crippen LogP contribution in [0.25, 0.3) is 0 Å². The summed E-state index contributed by atoms with van der Waals surface area (Å²) in [7, 11) is 0. The molecule has 0 unspecified atom stereocenters. The van der Waals surface area contributed by atoms with Crippen molar-refractivity contribution < 1.29 is 14.3 Å². The number of fused-ring (bicyclic) bond motifs is 5. The highest BCUT2D eigenvalue weighted by Gasteiger charge is 2.62. The van der Waals surface area contributed by atoms with Crippen LogP contribution in [0.2, 0.25) is 0 Å². The average Bonchev–Trinajstić information content (AvgIpc) is 3.35. The Balaban J connectivity index is 1.39. The molecule has 2 amide bonds. The number of anilines is 1. The SMILES string of the molecule is O=C1[C@@H]2[C@@H](C(=O)N1c1cnn(Cc3ccc(Br)cc3)c1)[C@H]1CC[C@H]2O1. The minimum atomic E-state index is -0.305. The largest absolute Gasteiger partial charge is 0.373 e. The maximum Gasteiger partial charge on any atom is 0.240 e. The van der Waals surface area contributed by atoms with E-state index in [1.54, 1.807) is 17.1 Å². The number of halogens is 1. The molecule has 4 atom stereocenters. The van der Waals surface area contributed by atoms with Crippen LogP contribution in [-0.2, 0) is 20.9 Å². The van der Waals surface area contributed by atoms with E-state index in [9.17, 15) is 9.59 Å². The van der Waals surface area contributed by atoms with Crippen LogP contribution >= 0.6 is 15.9 Å². The summed E-state index contributed by atoms with van der Waals surface area (Å²) < 4.78 is 8.54. The molecule has 6 nitrogen and oxygen atoms in total. The van der Waals surface area contributed by atoms with E-state index in [4.69, 9.17) is 4.74 Å². The Hall–Kier alpha value is -1.99. The molecule has 2 aromatic rings. The number of benzene rings is 1. The van der Waals surface area contributed by atoms with E-state index in [0.29, 0.717) is 12.2 Å². The molecule has 1 aromatic heterocycles. The highest BCUT2D eigenvalue weighted by atomic mass is 79.9. The van der Waals surface area contributed by atoms with Crippen LogP contribution in [0, 0.1) is 11.8 Å². The zero-order chi connectivity index (χ0) is 17.1. The molecule has 5 rings (SSSR count). The lowest BCUT2D eigenvalue weighted by Crippen LogP contribution is -2.33. The van der Waals surface area contributed by atoms with Crippen molar-refractivity contribution >= 4 is 33.4 Å². The summed E-state index contributed by atoms with van der Waals surface area (Å²) in [5, 5.41) is 4.32. The molecule has 3 aliphatic heterocycles. The van der Waals surface area contributed by atoms with Crippen molar-refractivity contribution in [2.24, 2.45) is 11.8 Å². The number of rotatable bonds is 3. The number of ether oxygens (including phenoxy) is 1. The molecule has 7 heteroatoms. The highest BCUT2D eigenvalue weighted by Crippen LogP contribution is 2.49. The van der Waals surface area contributed by atoms with Crippen LogP contribution < -0.4 is 4.90 Å². The molecular formula is C18H16BrN3O3. The molecule has 0 saturated carbocycles. The average molecular weight is 402 g/mol. The van der Waals surface area contributed by atoms with Crippen molar-refractivity contribution in [1.29, 1.82) is 0 Å². The van der Waals surface area contributed by atoms with Crippen molar-refractivity contribution in [2.75, 3.05) is 4.90 Å². The van der Waals surface area contributed by atoms with E-state index in [1.807, 2.05) is 24.3 Å². The minimum absolute atomic E-state index is 0.0886. The number of carbonyl (C=O) groups excluding carboxylic acids is 2. The van der Waals surface area contributed by atoms with E-state index in [1.165, 1.54) is 4.90 Å². The zero-order valence-electron chi connectivity index (χ0n) is 13.3. The number of carbonyl (C=O) groups is 2. The Morgan fingerprint density at radius 3 is 2.36 bits per heavy atom. The van der Waals surface area contributed by atoms with Crippen LogP contribution in [0.3, 0.4) is 0 Å². The Bertz CT molecular complexity index is 835. The first-order valence-corrected chi connectivity index (χ1v) is 9.21. The molecule has 3 saturated heterocycles. The molecular weight excluding hydrogens is 386 g/mol. The van der Waals surface area contributed by atoms with Gasteiger partial charge in [-0.2, -0.15) is 5.10 Å². The molecule has 128 valence electrons. The van der Waals surface area contributed by atoms with Gasteiger partial charge >= 0.3 is 0 Å². The lowest BCUT2D eigenvalue weighted by molar-refractivity contribution is -0.124. The van der Waals surface area contributed by atoms with E-state index in [2.05, 4.69) is 21.0 Å². The van der Waals surface area contributed by atoms with Gasteiger partial charge in [-0.25, -0.2) is 4.90 Å². The molecule has 25 heavy (non-hydrogen) atoms. The van der Waals surface area contributed by atoms with Gasteiger partial charge in [0, 0.05) is 10.7 Å². The van der Waals surface area contributed by atoms with Crippen molar-refractivity contribution in [3.8, 4) is 0 Å². The van der Waals surface area contributed by atoms with Crippen LogP contribution in [-0.4, -0.2) is 33.8 Å². The van der Waals surface area contributed by atoms with Gasteiger partial charge in [0.15, 0.2) is 0 Å². The molecule has 0 spiro atoms. The highest BCUT2D eigenvalue weighted by molar-refractivity contribution is 9.10. The summed E-state index contributed by atoms with van der Waals surface area (Å²) >= 11 is 3.42. The molecule has 3 aliphatic rings. The Kier molecular flexibility index (Phi) is 3.36. The van der Waals surface area contributed by atoms with E-state index < -0.39 is 0 Å². The molecule has 4 heterocycles. The number of hydrogen-bond donors (Lipinski definition) is 0. The van der Waals surface area contributed by atoms with Gasteiger partial charge in [0.2, 0.25) is 11.8 Å². The van der Waals surface area contributed by atoms with Gasteiger partial charge in [0.1, 0.15) is 0 Å². The van der Waals surface area contributed by atoms with Gasteiger partial charge in [0.05, 0.1) is 42.5 Å². The Labute approximate surface area is 152 Å². The number of aromatic nitrogens is 2. The first kappa shape index (κ1) is 15.3. The topological polar surface area (TPSA) is 64.4 Å². The quantitative estimate of drug-likeness (QED) is 0.740. The third kappa shape index (κ3) is 2.29. The number of hydrogen-bond acceptors (Lipinski definition) is 4. The minimum Gasteiger partial charge on any atom is -0.373 e. The Morgan fingerprint density at radius 2 is 1.72 bits per heavy atom. The summed E-state index contributed by atoms with van der Waals surface area (Å²) in [6.45, 7) is 0.588. The molecule has 0 N–H and O–H groups in total. The Morgan fingerprint density at radius 1 is 1.08 bits per heavy atom. The van der Waals surface area contributed by atoms with Gasteiger partial charge in [-0.3, -0.25) is 14.3 Å². The maximum absolute atomic E-state index is 12.8. The van der Waals surface area contributed by atoms with Crippen molar-refractivity contribution in [3.63, 3.8) is 0 Å². The van der Waals surface area contributed by atoms with Crippen molar-refractivity contribution in [2.45, 2.75) is 31.6 Å². The van der Waals surface area contributed by atoms with Gasteiger partial charge in [-0.15, -0.1) is 0 Å². The second-order valence-corrected chi connectivity index (χ2v) is 7.79. The van der Waals surface area contributed by atoms with Gasteiger partial charge in [-0.1, -0.05) is 28.1 Å². The maximum atomic E-state index is 12.8. The fraction of sp³-hybridized carbons (Fsp3) is 0.389. The molecule has 0 radical (unpaired) electrons. The monoisotopic (exact) mass is 401 g/mol. The molecule has 3 fully saturated rings. The first-order valence-electron chi connectivity index (χ1n) is 8.42. The predicted molar refractivity (Wildman–Crippen MR) is 92.8 cm³/mol. The summed E-state index contributed by atoms with van der Waals surface area (Å²) in [4.78, 5) is 26.9. The van der Waals surface area contributed by atoms with Crippen LogP contribution in [0.15, 0.2) is 41.1 Å². The first-order chi connectivity index (χ1) is 12.1. The summed E-state index contributed by atoms with van der Waals surface area (Å²) in [5.41, 5.74) is 1.65. The van der Waals surface area contributed by atoms with Crippen LogP contribution in [0.5, 0.6) is 0 Å². The fourth-order valence-corrected chi connectivity index (χ4v) is 4.56. The van der Waals surface area contributed by atoms with E-state index in [0.717, 1.165) is 22.9 Å². The summed E-state index contributed by atoms with van der Waals surface area (Å²) in [6.07, 6.45) is 4.94.